The van der Waals surface area contributed by atoms with Crippen molar-refractivity contribution in [2.24, 2.45) is 0 Å². The summed E-state index contributed by atoms with van der Waals surface area (Å²) in [5.41, 5.74) is 3.18. The number of rotatable bonds is 11. The molecule has 208 valence electrons. The van der Waals surface area contributed by atoms with Crippen LogP contribution in [0.5, 0.6) is 5.75 Å². The van der Waals surface area contributed by atoms with Crippen molar-refractivity contribution in [2.75, 3.05) is 25.0 Å². The van der Waals surface area contributed by atoms with Crippen LogP contribution in [0.25, 0.3) is 0 Å². The Labute approximate surface area is 239 Å². The maximum atomic E-state index is 14.0. The lowest BCUT2D eigenvalue weighted by atomic mass is 10.1. The second kappa shape index (κ2) is 13.1. The summed E-state index contributed by atoms with van der Waals surface area (Å²) in [4.78, 5) is 28.2. The van der Waals surface area contributed by atoms with E-state index in [9.17, 15) is 18.0 Å². The van der Waals surface area contributed by atoms with E-state index in [0.717, 1.165) is 21.0 Å². The molecule has 1 unspecified atom stereocenters. The Hall–Kier alpha value is -3.37. The van der Waals surface area contributed by atoms with Gasteiger partial charge in [0, 0.05) is 13.6 Å². The summed E-state index contributed by atoms with van der Waals surface area (Å²) in [5.74, 6) is -0.336. The third-order valence-corrected chi connectivity index (χ3v) is 8.81. The number of halogens is 1. The van der Waals surface area contributed by atoms with Gasteiger partial charge in [0.15, 0.2) is 0 Å². The Morgan fingerprint density at radius 3 is 2.08 bits per heavy atom. The summed E-state index contributed by atoms with van der Waals surface area (Å²) in [6.07, 6.45) is 0.361. The van der Waals surface area contributed by atoms with E-state index in [2.05, 4.69) is 21.2 Å². The zero-order chi connectivity index (χ0) is 28.7. The molecule has 0 heterocycles. The fourth-order valence-electron chi connectivity index (χ4n) is 4.15. The first-order valence-electron chi connectivity index (χ1n) is 12.5. The molecule has 10 heteroatoms. The van der Waals surface area contributed by atoms with Crippen molar-refractivity contribution in [1.29, 1.82) is 0 Å². The molecular weight excluding hydrogens is 582 g/mol. The molecule has 3 aromatic rings. The van der Waals surface area contributed by atoms with Gasteiger partial charge in [-0.2, -0.15) is 0 Å². The largest absolute Gasteiger partial charge is 0.496 e. The number of hydrogen-bond donors (Lipinski definition) is 1. The van der Waals surface area contributed by atoms with Crippen LogP contribution in [0.15, 0.2) is 76.1 Å². The number of sulfonamides is 1. The highest BCUT2D eigenvalue weighted by Gasteiger charge is 2.33. The number of aryl methyl sites for hydroxylation is 2. The molecule has 2 amide bonds. The second-order valence-corrected chi connectivity index (χ2v) is 11.9. The average molecular weight is 617 g/mol. The van der Waals surface area contributed by atoms with Gasteiger partial charge in [-0.1, -0.05) is 54.4 Å². The molecule has 0 spiro atoms. The topological polar surface area (TPSA) is 96.0 Å². The van der Waals surface area contributed by atoms with Gasteiger partial charge in [-0.05, 0) is 72.1 Å². The number of hydrogen-bond acceptors (Lipinski definition) is 5. The van der Waals surface area contributed by atoms with E-state index in [0.29, 0.717) is 22.3 Å². The number of carbonyl (C=O) groups is 2. The summed E-state index contributed by atoms with van der Waals surface area (Å²) in [6, 6.07) is 18.2. The molecule has 0 saturated heterocycles. The molecule has 1 atom stereocenters. The van der Waals surface area contributed by atoms with Crippen molar-refractivity contribution < 1.29 is 22.7 Å². The number of nitrogens with zero attached hydrogens (tertiary/aromatic N) is 2. The van der Waals surface area contributed by atoms with Gasteiger partial charge in [-0.15, -0.1) is 0 Å². The quantitative estimate of drug-likeness (QED) is 0.333. The summed E-state index contributed by atoms with van der Waals surface area (Å²) in [7, 11) is -1.17. The molecule has 0 aliphatic heterocycles. The van der Waals surface area contributed by atoms with Crippen molar-refractivity contribution >= 4 is 43.5 Å². The number of methoxy groups -OCH3 is 1. The number of carbonyl (C=O) groups excluding carboxylic acids is 2. The minimum Gasteiger partial charge on any atom is -0.496 e. The number of benzene rings is 3. The number of amides is 2. The van der Waals surface area contributed by atoms with Crippen LogP contribution in [0.4, 0.5) is 5.69 Å². The maximum Gasteiger partial charge on any atom is 0.264 e. The minimum atomic E-state index is -4.18. The van der Waals surface area contributed by atoms with E-state index in [4.69, 9.17) is 4.74 Å². The minimum absolute atomic E-state index is 0.00743. The zero-order valence-electron chi connectivity index (χ0n) is 22.8. The molecule has 0 bridgehead atoms. The first-order valence-corrected chi connectivity index (χ1v) is 14.7. The molecule has 0 saturated carbocycles. The van der Waals surface area contributed by atoms with Crippen LogP contribution in [0.1, 0.15) is 30.0 Å². The zero-order valence-corrected chi connectivity index (χ0v) is 25.2. The van der Waals surface area contributed by atoms with Crippen molar-refractivity contribution in [3.05, 3.63) is 87.9 Å². The number of anilines is 1. The van der Waals surface area contributed by atoms with Gasteiger partial charge >= 0.3 is 0 Å². The van der Waals surface area contributed by atoms with E-state index in [1.54, 1.807) is 30.3 Å². The molecule has 0 fully saturated rings. The molecule has 3 rings (SSSR count). The predicted molar refractivity (Wildman–Crippen MR) is 156 cm³/mol. The van der Waals surface area contributed by atoms with Crippen LogP contribution < -0.4 is 14.4 Å². The van der Waals surface area contributed by atoms with E-state index < -0.39 is 28.5 Å². The molecule has 3 aromatic carbocycles. The highest BCUT2D eigenvalue weighted by molar-refractivity contribution is 9.10. The number of nitrogens with one attached hydrogen (secondary N) is 1. The molecule has 8 nitrogen and oxygen atoms in total. The average Bonchev–Trinajstić information content (AvgIpc) is 2.92. The summed E-state index contributed by atoms with van der Waals surface area (Å²) < 4.78 is 34.7. The van der Waals surface area contributed by atoms with Gasteiger partial charge < -0.3 is 15.0 Å². The normalized spacial score (nSPS) is 11.9. The van der Waals surface area contributed by atoms with Crippen LogP contribution >= 0.6 is 15.9 Å². The van der Waals surface area contributed by atoms with Crippen LogP contribution in [-0.4, -0.2) is 51.9 Å². The van der Waals surface area contributed by atoms with Crippen LogP contribution in [0.3, 0.4) is 0 Å². The lowest BCUT2D eigenvalue weighted by Gasteiger charge is -2.33. The van der Waals surface area contributed by atoms with Crippen molar-refractivity contribution in [1.82, 2.24) is 10.2 Å². The van der Waals surface area contributed by atoms with Gasteiger partial charge in [0.05, 0.1) is 22.2 Å². The molecule has 0 aliphatic rings. The van der Waals surface area contributed by atoms with E-state index in [-0.39, 0.29) is 17.3 Å². The Morgan fingerprint density at radius 1 is 0.974 bits per heavy atom. The second-order valence-electron chi connectivity index (χ2n) is 9.19. The highest BCUT2D eigenvalue weighted by Crippen LogP contribution is 2.31. The number of ether oxygens (including phenoxy) is 1. The molecule has 0 radical (unpaired) electrons. The summed E-state index contributed by atoms with van der Waals surface area (Å²) in [6.45, 7) is 5.34. The van der Waals surface area contributed by atoms with E-state index >= 15 is 0 Å². The maximum absolute atomic E-state index is 14.0. The standard InChI is InChI=1S/C29H34BrN3O5S/c1-6-26(29(35)31-4)32(18-22-11-7-20(2)8-12-22)28(34)19-33(23-13-9-21(3)10-14-23)39(36,37)24-15-16-27(38-5)25(30)17-24/h7-17,26H,6,18-19H2,1-5H3,(H,31,35). The van der Waals surface area contributed by atoms with Crippen LogP contribution in [0.2, 0.25) is 0 Å². The Balaban J connectivity index is 2.07. The molecule has 0 aromatic heterocycles. The third-order valence-electron chi connectivity index (χ3n) is 6.42. The Morgan fingerprint density at radius 2 is 1.56 bits per heavy atom. The van der Waals surface area contributed by atoms with Gasteiger partial charge in [0.1, 0.15) is 18.3 Å². The van der Waals surface area contributed by atoms with Crippen molar-refractivity contribution in [3.8, 4) is 5.75 Å². The Kier molecular flexibility index (Phi) is 10.2. The van der Waals surface area contributed by atoms with E-state index in [1.807, 2.05) is 45.0 Å². The lowest BCUT2D eigenvalue weighted by molar-refractivity contribution is -0.140. The molecule has 0 aliphatic carbocycles. The fraction of sp³-hybridized carbons (Fsp3) is 0.310. The summed E-state index contributed by atoms with van der Waals surface area (Å²) in [5, 5.41) is 2.63. The summed E-state index contributed by atoms with van der Waals surface area (Å²) >= 11 is 3.36. The lowest BCUT2D eigenvalue weighted by Crippen LogP contribution is -2.51. The molecular formula is C29H34BrN3O5S. The van der Waals surface area contributed by atoms with Crippen LogP contribution in [0, 0.1) is 13.8 Å². The van der Waals surface area contributed by atoms with Crippen LogP contribution in [-0.2, 0) is 26.2 Å². The van der Waals surface area contributed by atoms with Gasteiger partial charge in [-0.3, -0.25) is 13.9 Å². The molecule has 39 heavy (non-hydrogen) atoms. The van der Waals surface area contributed by atoms with Crippen molar-refractivity contribution in [3.63, 3.8) is 0 Å². The van der Waals surface area contributed by atoms with Gasteiger partial charge in [0.2, 0.25) is 11.8 Å². The first kappa shape index (κ1) is 30.2. The monoisotopic (exact) mass is 615 g/mol. The fourth-order valence-corrected chi connectivity index (χ4v) is 6.28. The third kappa shape index (κ3) is 7.19. The number of likely N-dealkylation sites (N-methyl/N-ethyl adjacent to an activating group) is 1. The van der Waals surface area contributed by atoms with E-state index in [1.165, 1.54) is 31.2 Å². The first-order chi connectivity index (χ1) is 18.5. The van der Waals surface area contributed by atoms with Gasteiger partial charge in [-0.25, -0.2) is 8.42 Å². The van der Waals surface area contributed by atoms with Gasteiger partial charge in [0.25, 0.3) is 10.0 Å². The Bertz CT molecular complexity index is 1410. The SMILES string of the molecule is CCC(C(=O)NC)N(Cc1ccc(C)cc1)C(=O)CN(c1ccc(C)cc1)S(=O)(=O)c1ccc(OC)c(Br)c1. The molecule has 1 N–H and O–H groups in total. The highest BCUT2D eigenvalue weighted by atomic mass is 79.9. The van der Waals surface area contributed by atoms with Crippen molar-refractivity contribution in [2.45, 2.75) is 44.7 Å². The predicted octanol–water partition coefficient (Wildman–Crippen LogP) is 4.82. The smallest absolute Gasteiger partial charge is 0.264 e.